The van der Waals surface area contributed by atoms with E-state index in [0.717, 1.165) is 27.7 Å². The van der Waals surface area contributed by atoms with E-state index in [-0.39, 0.29) is 24.3 Å². The number of benzene rings is 1. The molecule has 7 heteroatoms. The number of hydrogen-bond donors (Lipinski definition) is 0. The Morgan fingerprint density at radius 3 is 2.70 bits per heavy atom. The Kier molecular flexibility index (Phi) is 6.06. The number of hydrogen-bond acceptors (Lipinski definition) is 3. The summed E-state index contributed by atoms with van der Waals surface area (Å²) < 4.78 is 0.965. The van der Waals surface area contributed by atoms with Crippen LogP contribution in [0, 0.1) is 0 Å². The molecule has 154 valence electrons. The van der Waals surface area contributed by atoms with Gasteiger partial charge in [-0.15, -0.1) is 0 Å². The highest BCUT2D eigenvalue weighted by Gasteiger charge is 2.38. The fraction of sp³-hybridized carbons (Fsp3) is 0.261. The van der Waals surface area contributed by atoms with Gasteiger partial charge in [-0.3, -0.25) is 9.59 Å². The van der Waals surface area contributed by atoms with Gasteiger partial charge in [0.05, 0.1) is 24.7 Å². The lowest BCUT2D eigenvalue weighted by atomic mass is 10.0. The molecule has 0 spiro atoms. The van der Waals surface area contributed by atoms with Gasteiger partial charge in [-0.05, 0) is 35.8 Å². The second-order valence-corrected chi connectivity index (χ2v) is 8.79. The number of allylic oxidation sites excluding steroid dienone is 6. The van der Waals surface area contributed by atoms with Gasteiger partial charge >= 0.3 is 0 Å². The molecule has 0 aromatic heterocycles. The van der Waals surface area contributed by atoms with E-state index in [1.165, 1.54) is 5.01 Å². The van der Waals surface area contributed by atoms with Crippen molar-refractivity contribution in [3.63, 3.8) is 0 Å². The van der Waals surface area contributed by atoms with Crippen molar-refractivity contribution in [1.82, 2.24) is 9.91 Å². The molecular formula is C23H21BrClN3O2. The number of hydrazone groups is 1. The van der Waals surface area contributed by atoms with Crippen molar-refractivity contribution in [1.29, 1.82) is 0 Å². The smallest absolute Gasteiger partial charge is 0.247 e. The molecule has 0 radical (unpaired) electrons. The van der Waals surface area contributed by atoms with Gasteiger partial charge in [0, 0.05) is 28.0 Å². The first kappa shape index (κ1) is 20.8. The van der Waals surface area contributed by atoms with E-state index in [0.29, 0.717) is 30.1 Å². The molecule has 2 heterocycles. The average Bonchev–Trinajstić information content (AvgIpc) is 3.32. The first-order valence-corrected chi connectivity index (χ1v) is 11.0. The fourth-order valence-corrected chi connectivity index (χ4v) is 4.16. The van der Waals surface area contributed by atoms with Crippen molar-refractivity contribution in [2.45, 2.75) is 25.3 Å². The molecule has 30 heavy (non-hydrogen) atoms. The van der Waals surface area contributed by atoms with Gasteiger partial charge in [-0.1, -0.05) is 64.5 Å². The van der Waals surface area contributed by atoms with Crippen LogP contribution in [0.25, 0.3) is 0 Å². The maximum Gasteiger partial charge on any atom is 0.247 e. The summed E-state index contributed by atoms with van der Waals surface area (Å²) in [7, 11) is 0. The monoisotopic (exact) mass is 485 g/mol. The van der Waals surface area contributed by atoms with E-state index in [1.54, 1.807) is 12.2 Å². The van der Waals surface area contributed by atoms with Crippen LogP contribution in [0.4, 0.5) is 0 Å². The van der Waals surface area contributed by atoms with Crippen LogP contribution in [0.2, 0.25) is 0 Å². The van der Waals surface area contributed by atoms with Crippen LogP contribution in [0.5, 0.6) is 0 Å². The predicted molar refractivity (Wildman–Crippen MR) is 122 cm³/mol. The third kappa shape index (κ3) is 4.35. The second kappa shape index (κ2) is 8.74. The Balaban J connectivity index is 1.58. The minimum atomic E-state index is -0.224. The molecule has 4 rings (SSSR count). The van der Waals surface area contributed by atoms with Gasteiger partial charge in [0.25, 0.3) is 0 Å². The summed E-state index contributed by atoms with van der Waals surface area (Å²) in [6.07, 6.45) is 8.81. The molecule has 1 aromatic rings. The molecule has 0 saturated carbocycles. The van der Waals surface area contributed by atoms with E-state index in [1.807, 2.05) is 41.3 Å². The van der Waals surface area contributed by atoms with E-state index in [4.69, 9.17) is 11.6 Å². The molecule has 0 bridgehead atoms. The Morgan fingerprint density at radius 1 is 1.23 bits per heavy atom. The van der Waals surface area contributed by atoms with Gasteiger partial charge in [-0.25, -0.2) is 5.01 Å². The first-order valence-electron chi connectivity index (χ1n) is 9.80. The summed E-state index contributed by atoms with van der Waals surface area (Å²) in [5, 5.41) is 6.70. The third-order valence-electron chi connectivity index (χ3n) is 5.41. The van der Waals surface area contributed by atoms with Crippen molar-refractivity contribution in [3.8, 4) is 0 Å². The normalized spacial score (nSPS) is 21.5. The lowest BCUT2D eigenvalue weighted by Crippen LogP contribution is -2.44. The van der Waals surface area contributed by atoms with Crippen LogP contribution >= 0.6 is 27.5 Å². The standard InChI is InChI=1S/C23H21BrClN3O2/c1-15-4-5-16(6-11-19(15)25)13-22(30)28-14-20(27-12-2-3-21(27)29)23(26-28)17-7-9-18(24)10-8-17/h4-11,20H,1-3,12-14H2. The molecule has 1 aliphatic carbocycles. The summed E-state index contributed by atoms with van der Waals surface area (Å²) in [6, 6.07) is 7.57. The number of rotatable bonds is 4. The lowest BCUT2D eigenvalue weighted by molar-refractivity contribution is -0.133. The average molecular weight is 487 g/mol. The highest BCUT2D eigenvalue weighted by atomic mass is 79.9. The quantitative estimate of drug-likeness (QED) is 0.627. The third-order valence-corrected chi connectivity index (χ3v) is 6.31. The molecule has 1 fully saturated rings. The molecule has 5 nitrogen and oxygen atoms in total. The summed E-state index contributed by atoms with van der Waals surface area (Å²) in [6.45, 7) is 4.94. The summed E-state index contributed by atoms with van der Waals surface area (Å²) in [5.74, 6) is -0.00139. The highest BCUT2D eigenvalue weighted by molar-refractivity contribution is 9.10. The second-order valence-electron chi connectivity index (χ2n) is 7.47. The van der Waals surface area contributed by atoms with Crippen molar-refractivity contribution in [2.24, 2.45) is 5.10 Å². The number of nitrogens with zero attached hydrogens (tertiary/aromatic N) is 3. The zero-order valence-electron chi connectivity index (χ0n) is 16.4. The SMILES string of the molecule is C=C1C=CC(CC(=O)N2CC(N3CCCC3=O)C(c3ccc(Br)cc3)=N2)=CC=C1Cl. The number of carbonyl (C=O) groups is 2. The summed E-state index contributed by atoms with van der Waals surface area (Å²) >= 11 is 9.56. The molecule has 3 aliphatic rings. The largest absolute Gasteiger partial charge is 0.332 e. The van der Waals surface area contributed by atoms with Gasteiger partial charge < -0.3 is 4.90 Å². The van der Waals surface area contributed by atoms with Crippen LogP contribution in [0.3, 0.4) is 0 Å². The summed E-state index contributed by atoms with van der Waals surface area (Å²) in [5.41, 5.74) is 3.21. The van der Waals surface area contributed by atoms with Gasteiger partial charge in [0.2, 0.25) is 11.8 Å². The van der Waals surface area contributed by atoms with E-state index >= 15 is 0 Å². The zero-order valence-corrected chi connectivity index (χ0v) is 18.7. The van der Waals surface area contributed by atoms with Gasteiger partial charge in [0.15, 0.2) is 0 Å². The van der Waals surface area contributed by atoms with E-state index in [2.05, 4.69) is 27.6 Å². The number of likely N-dealkylation sites (tertiary alicyclic amines) is 1. The van der Waals surface area contributed by atoms with Crippen LogP contribution < -0.4 is 0 Å². The van der Waals surface area contributed by atoms with Crippen molar-refractivity contribution < 1.29 is 9.59 Å². The van der Waals surface area contributed by atoms with Crippen LogP contribution in [-0.4, -0.2) is 46.6 Å². The highest BCUT2D eigenvalue weighted by Crippen LogP contribution is 2.26. The lowest BCUT2D eigenvalue weighted by Gasteiger charge is -2.25. The van der Waals surface area contributed by atoms with Crippen LogP contribution in [0.15, 0.2) is 80.9 Å². The topological polar surface area (TPSA) is 53.0 Å². The Bertz CT molecular complexity index is 1020. The molecule has 1 aromatic carbocycles. The molecular weight excluding hydrogens is 466 g/mol. The number of amides is 2. The van der Waals surface area contributed by atoms with Gasteiger partial charge in [-0.2, -0.15) is 5.10 Å². The molecule has 2 amide bonds. The number of carbonyl (C=O) groups excluding carboxylic acids is 2. The first-order chi connectivity index (χ1) is 14.4. The Morgan fingerprint density at radius 2 is 2.00 bits per heavy atom. The maximum atomic E-state index is 13.0. The minimum absolute atomic E-state index is 0.117. The van der Waals surface area contributed by atoms with Gasteiger partial charge in [0.1, 0.15) is 0 Å². The zero-order chi connectivity index (χ0) is 21.3. The maximum absolute atomic E-state index is 13.0. The predicted octanol–water partition coefficient (Wildman–Crippen LogP) is 4.55. The Labute approximate surface area is 189 Å². The minimum Gasteiger partial charge on any atom is -0.332 e. The number of halogens is 2. The van der Waals surface area contributed by atoms with Crippen molar-refractivity contribution in [3.05, 3.63) is 81.4 Å². The molecule has 1 saturated heterocycles. The van der Waals surface area contributed by atoms with E-state index < -0.39 is 0 Å². The van der Waals surface area contributed by atoms with Crippen LogP contribution in [-0.2, 0) is 9.59 Å². The fourth-order valence-electron chi connectivity index (χ4n) is 3.77. The van der Waals surface area contributed by atoms with Crippen molar-refractivity contribution in [2.75, 3.05) is 13.1 Å². The summed E-state index contributed by atoms with van der Waals surface area (Å²) in [4.78, 5) is 27.3. The Hall–Kier alpha value is -2.44. The molecule has 1 atom stereocenters. The van der Waals surface area contributed by atoms with E-state index in [9.17, 15) is 9.59 Å². The van der Waals surface area contributed by atoms with Crippen molar-refractivity contribution >= 4 is 45.1 Å². The molecule has 2 aliphatic heterocycles. The van der Waals surface area contributed by atoms with Crippen LogP contribution in [0.1, 0.15) is 24.8 Å². The molecule has 1 unspecified atom stereocenters. The molecule has 0 N–H and O–H groups in total.